The van der Waals surface area contributed by atoms with E-state index < -0.39 is 5.69 Å². The summed E-state index contributed by atoms with van der Waals surface area (Å²) in [5, 5.41) is 3.43. The molecule has 6 nitrogen and oxygen atoms in total. The van der Waals surface area contributed by atoms with Crippen molar-refractivity contribution in [3.05, 3.63) is 48.7 Å². The topological polar surface area (TPSA) is 81.9 Å². The van der Waals surface area contributed by atoms with Crippen LogP contribution < -0.4 is 11.2 Å². The fourth-order valence-corrected chi connectivity index (χ4v) is 4.33. The predicted molar refractivity (Wildman–Crippen MR) is 100 cm³/mol. The van der Waals surface area contributed by atoms with Gasteiger partial charge in [-0.05, 0) is 31.8 Å². The lowest BCUT2D eigenvalue weighted by molar-refractivity contribution is 0.175. The second-order valence-electron chi connectivity index (χ2n) is 7.91. The molecule has 2 aromatic rings. The number of hydrogen-bond donors (Lipinski definition) is 2. The van der Waals surface area contributed by atoms with Crippen LogP contribution in [0.15, 0.2) is 21.0 Å². The van der Waals surface area contributed by atoms with Crippen molar-refractivity contribution in [2.75, 3.05) is 13.1 Å². The van der Waals surface area contributed by atoms with Crippen LogP contribution in [0.1, 0.15) is 50.0 Å². The standard InChI is InChI=1S/C18H26N4O2S/c1-18(2,3)14-11-25-16(20-14)8-12-4-6-22(7-5-12)10-13-9-15(23)21-17(24)19-13/h9,11-12H,4-8,10H2,1-3H3,(H2,19,21,23,24). The summed E-state index contributed by atoms with van der Waals surface area (Å²) in [6, 6.07) is 1.47. The highest BCUT2D eigenvalue weighted by Crippen LogP contribution is 2.28. The molecule has 2 N–H and O–H groups in total. The van der Waals surface area contributed by atoms with Crippen LogP contribution in [0.2, 0.25) is 0 Å². The van der Waals surface area contributed by atoms with Gasteiger partial charge in [0.1, 0.15) is 0 Å². The molecule has 0 spiro atoms. The first-order valence-corrected chi connectivity index (χ1v) is 9.67. The van der Waals surface area contributed by atoms with Crippen molar-refractivity contribution in [2.24, 2.45) is 5.92 Å². The van der Waals surface area contributed by atoms with Gasteiger partial charge in [-0.1, -0.05) is 20.8 Å². The van der Waals surface area contributed by atoms with E-state index in [1.54, 1.807) is 11.3 Å². The molecule has 7 heteroatoms. The maximum Gasteiger partial charge on any atom is 0.325 e. The van der Waals surface area contributed by atoms with Crippen molar-refractivity contribution in [3.8, 4) is 0 Å². The van der Waals surface area contributed by atoms with E-state index in [-0.39, 0.29) is 11.0 Å². The number of aromatic nitrogens is 3. The molecule has 0 aliphatic carbocycles. The SMILES string of the molecule is CC(C)(C)c1csc(CC2CCN(Cc3cc(=O)[nH]c(=O)[nH]3)CC2)n1. The Kier molecular flexibility index (Phi) is 5.24. The van der Waals surface area contributed by atoms with E-state index in [9.17, 15) is 9.59 Å². The highest BCUT2D eigenvalue weighted by molar-refractivity contribution is 7.09. The van der Waals surface area contributed by atoms with Crippen LogP contribution in [0.25, 0.3) is 0 Å². The minimum Gasteiger partial charge on any atom is -0.310 e. The monoisotopic (exact) mass is 362 g/mol. The van der Waals surface area contributed by atoms with Crippen LogP contribution in [0.3, 0.4) is 0 Å². The Bertz CT molecular complexity index is 794. The minimum atomic E-state index is -0.434. The van der Waals surface area contributed by atoms with Gasteiger partial charge < -0.3 is 4.98 Å². The highest BCUT2D eigenvalue weighted by Gasteiger charge is 2.22. The lowest BCUT2D eigenvalue weighted by Crippen LogP contribution is -2.35. The molecule has 3 rings (SSSR count). The number of nitrogens with zero attached hydrogens (tertiary/aromatic N) is 2. The Morgan fingerprint density at radius 1 is 1.24 bits per heavy atom. The fourth-order valence-electron chi connectivity index (χ4n) is 3.19. The van der Waals surface area contributed by atoms with Gasteiger partial charge >= 0.3 is 5.69 Å². The third kappa shape index (κ3) is 4.89. The molecule has 0 atom stereocenters. The minimum absolute atomic E-state index is 0.114. The number of nitrogens with one attached hydrogen (secondary N) is 2. The lowest BCUT2D eigenvalue weighted by Gasteiger charge is -2.31. The number of hydrogen-bond acceptors (Lipinski definition) is 5. The molecule has 2 aromatic heterocycles. The summed E-state index contributed by atoms with van der Waals surface area (Å²) < 4.78 is 0. The number of rotatable bonds is 4. The van der Waals surface area contributed by atoms with Crippen molar-refractivity contribution in [2.45, 2.75) is 52.0 Å². The molecule has 1 fully saturated rings. The Balaban J connectivity index is 1.52. The largest absolute Gasteiger partial charge is 0.325 e. The fraction of sp³-hybridized carbons (Fsp3) is 0.611. The van der Waals surface area contributed by atoms with Crippen LogP contribution in [-0.2, 0) is 18.4 Å². The summed E-state index contributed by atoms with van der Waals surface area (Å²) in [4.78, 5) is 34.7. The first kappa shape index (κ1) is 18.1. The maximum absolute atomic E-state index is 11.4. The molecule has 0 bridgehead atoms. The van der Waals surface area contributed by atoms with Crippen LogP contribution in [0.4, 0.5) is 0 Å². The van der Waals surface area contributed by atoms with E-state index in [4.69, 9.17) is 4.98 Å². The zero-order chi connectivity index (χ0) is 18.0. The Labute approximate surface area is 151 Å². The Morgan fingerprint density at radius 3 is 2.56 bits per heavy atom. The molecule has 1 aliphatic rings. The molecular formula is C18H26N4O2S. The van der Waals surface area contributed by atoms with Crippen molar-refractivity contribution >= 4 is 11.3 Å². The molecule has 1 aliphatic heterocycles. The van der Waals surface area contributed by atoms with E-state index in [0.29, 0.717) is 18.2 Å². The Hall–Kier alpha value is -1.73. The molecule has 25 heavy (non-hydrogen) atoms. The summed E-state index contributed by atoms with van der Waals surface area (Å²) in [6.07, 6.45) is 3.30. The van der Waals surface area contributed by atoms with Crippen molar-refractivity contribution in [3.63, 3.8) is 0 Å². The summed E-state index contributed by atoms with van der Waals surface area (Å²) in [5.41, 5.74) is 1.20. The van der Waals surface area contributed by atoms with Crippen molar-refractivity contribution in [1.29, 1.82) is 0 Å². The van der Waals surface area contributed by atoms with Gasteiger partial charge in [-0.3, -0.25) is 14.7 Å². The highest BCUT2D eigenvalue weighted by atomic mass is 32.1. The Morgan fingerprint density at radius 2 is 1.96 bits per heavy atom. The van der Waals surface area contributed by atoms with Crippen molar-refractivity contribution in [1.82, 2.24) is 19.9 Å². The molecule has 0 radical (unpaired) electrons. The third-order valence-electron chi connectivity index (χ3n) is 4.70. The summed E-state index contributed by atoms with van der Waals surface area (Å²) >= 11 is 1.77. The van der Waals surface area contributed by atoms with Gasteiger partial charge in [-0.2, -0.15) is 0 Å². The van der Waals surface area contributed by atoms with E-state index >= 15 is 0 Å². The molecule has 0 saturated carbocycles. The molecule has 0 aromatic carbocycles. The summed E-state index contributed by atoms with van der Waals surface area (Å²) in [5.74, 6) is 0.661. The van der Waals surface area contributed by atoms with E-state index in [2.05, 4.69) is 41.0 Å². The average Bonchev–Trinajstić information content (AvgIpc) is 2.97. The second-order valence-corrected chi connectivity index (χ2v) is 8.86. The first-order valence-electron chi connectivity index (χ1n) is 8.79. The molecule has 136 valence electrons. The van der Waals surface area contributed by atoms with Gasteiger partial charge in [0.2, 0.25) is 0 Å². The zero-order valence-electron chi connectivity index (χ0n) is 15.1. The zero-order valence-corrected chi connectivity index (χ0v) is 15.9. The average molecular weight is 362 g/mol. The van der Waals surface area contributed by atoms with Crippen LogP contribution in [-0.4, -0.2) is 32.9 Å². The quantitative estimate of drug-likeness (QED) is 0.874. The van der Waals surface area contributed by atoms with E-state index in [1.165, 1.54) is 16.8 Å². The van der Waals surface area contributed by atoms with Crippen LogP contribution in [0.5, 0.6) is 0 Å². The molecule has 1 saturated heterocycles. The molecule has 3 heterocycles. The van der Waals surface area contributed by atoms with Crippen LogP contribution >= 0.6 is 11.3 Å². The number of H-pyrrole nitrogens is 2. The normalized spacial score (nSPS) is 17.1. The van der Waals surface area contributed by atoms with Crippen molar-refractivity contribution < 1.29 is 0 Å². The van der Waals surface area contributed by atoms with Gasteiger partial charge in [0, 0.05) is 35.5 Å². The predicted octanol–water partition coefficient (Wildman–Crippen LogP) is 2.27. The van der Waals surface area contributed by atoms with Gasteiger partial charge in [-0.15, -0.1) is 11.3 Å². The van der Waals surface area contributed by atoms with E-state index in [0.717, 1.165) is 32.4 Å². The maximum atomic E-state index is 11.4. The smallest absolute Gasteiger partial charge is 0.310 e. The molecule has 0 unspecified atom stereocenters. The molecule has 0 amide bonds. The summed E-state index contributed by atoms with van der Waals surface area (Å²) in [6.45, 7) is 9.18. The van der Waals surface area contributed by atoms with Gasteiger partial charge in [-0.25, -0.2) is 9.78 Å². The number of thiazole rings is 1. The van der Waals surface area contributed by atoms with E-state index in [1.807, 2.05) is 0 Å². The lowest BCUT2D eigenvalue weighted by atomic mass is 9.92. The number of piperidine rings is 1. The number of aromatic amines is 2. The number of likely N-dealkylation sites (tertiary alicyclic amines) is 1. The van der Waals surface area contributed by atoms with Gasteiger partial charge in [0.05, 0.1) is 10.7 Å². The summed E-state index contributed by atoms with van der Waals surface area (Å²) in [7, 11) is 0. The third-order valence-corrected chi connectivity index (χ3v) is 5.57. The van der Waals surface area contributed by atoms with Crippen LogP contribution in [0, 0.1) is 5.92 Å². The second kappa shape index (κ2) is 7.25. The van der Waals surface area contributed by atoms with Gasteiger partial charge in [0.15, 0.2) is 0 Å². The first-order chi connectivity index (χ1) is 11.8. The van der Waals surface area contributed by atoms with Gasteiger partial charge in [0.25, 0.3) is 5.56 Å². The molecular weight excluding hydrogens is 336 g/mol.